The Labute approximate surface area is 204 Å². The van der Waals surface area contributed by atoms with Crippen LogP contribution in [0.3, 0.4) is 0 Å². The summed E-state index contributed by atoms with van der Waals surface area (Å²) in [5.74, 6) is -2.89. The van der Waals surface area contributed by atoms with Crippen LogP contribution < -0.4 is 5.32 Å². The van der Waals surface area contributed by atoms with E-state index in [1.807, 2.05) is 29.8 Å². The predicted molar refractivity (Wildman–Crippen MR) is 122 cm³/mol. The molecule has 0 aliphatic carbocycles. The molecule has 0 bridgehead atoms. The second-order valence-electron chi connectivity index (χ2n) is 7.80. The molecule has 0 radical (unpaired) electrons. The summed E-state index contributed by atoms with van der Waals surface area (Å²) < 4.78 is 39.6. The highest BCUT2D eigenvalue weighted by atomic mass is 35.5. The fraction of sp³-hybridized carbons (Fsp3) is 0.292. The lowest BCUT2D eigenvalue weighted by atomic mass is 10.1. The molecule has 35 heavy (non-hydrogen) atoms. The molecule has 3 aromatic rings. The van der Waals surface area contributed by atoms with Crippen molar-refractivity contribution in [2.24, 2.45) is 0 Å². The minimum Gasteiger partial charge on any atom is -0.475 e. The average molecular weight is 510 g/mol. The lowest BCUT2D eigenvalue weighted by molar-refractivity contribution is -0.192. The van der Waals surface area contributed by atoms with Crippen LogP contribution in [-0.4, -0.2) is 46.1 Å². The van der Waals surface area contributed by atoms with Gasteiger partial charge in [-0.25, -0.2) is 4.79 Å². The van der Waals surface area contributed by atoms with E-state index in [2.05, 4.69) is 23.6 Å². The zero-order chi connectivity index (χ0) is 25.6. The number of hydrogen-bond donors (Lipinski definition) is 2. The first-order valence-electron chi connectivity index (χ1n) is 10.6. The standard InChI is InChI=1S/C22H22ClN3O2.C2HF3O2/c1-15-11-18(23)7-8-19(15)22(27)24-12-20-21-17(9-10-28-20)14-26(25-21)13-16-5-3-2-4-6-16;3-2(4,5)1(6)7/h2-8,11,14,20H,9-10,12-13H2,1H3,(H,24,27);(H,6,7). The van der Waals surface area contributed by atoms with E-state index in [1.54, 1.807) is 18.2 Å². The van der Waals surface area contributed by atoms with Gasteiger partial charge in [-0.3, -0.25) is 9.48 Å². The van der Waals surface area contributed by atoms with Gasteiger partial charge in [0.2, 0.25) is 0 Å². The highest BCUT2D eigenvalue weighted by Gasteiger charge is 2.38. The number of rotatable bonds is 5. The van der Waals surface area contributed by atoms with Crippen molar-refractivity contribution in [3.63, 3.8) is 0 Å². The summed E-state index contributed by atoms with van der Waals surface area (Å²) in [5, 5.41) is 15.5. The van der Waals surface area contributed by atoms with Crippen LogP contribution in [0.25, 0.3) is 0 Å². The molecule has 0 fully saturated rings. The van der Waals surface area contributed by atoms with Gasteiger partial charge in [0, 0.05) is 23.3 Å². The van der Waals surface area contributed by atoms with Gasteiger partial charge in [-0.05, 0) is 48.2 Å². The van der Waals surface area contributed by atoms with E-state index in [0.29, 0.717) is 23.7 Å². The van der Waals surface area contributed by atoms with E-state index in [0.717, 1.165) is 24.2 Å². The van der Waals surface area contributed by atoms with Crippen molar-refractivity contribution in [1.29, 1.82) is 0 Å². The number of aromatic nitrogens is 2. The van der Waals surface area contributed by atoms with Crippen LogP contribution in [0.15, 0.2) is 54.7 Å². The van der Waals surface area contributed by atoms with Crippen LogP contribution in [0.2, 0.25) is 5.02 Å². The van der Waals surface area contributed by atoms with Gasteiger partial charge < -0.3 is 15.2 Å². The molecule has 1 aromatic heterocycles. The Morgan fingerprint density at radius 2 is 1.91 bits per heavy atom. The van der Waals surface area contributed by atoms with E-state index in [1.165, 1.54) is 11.1 Å². The Hall–Kier alpha value is -3.37. The number of carboxylic acid groups (broad SMARTS) is 1. The van der Waals surface area contributed by atoms with Crippen molar-refractivity contribution in [2.45, 2.75) is 32.2 Å². The Bertz CT molecular complexity index is 1180. The molecule has 2 aromatic carbocycles. The Balaban J connectivity index is 0.000000429. The first-order valence-corrected chi connectivity index (χ1v) is 11.0. The molecule has 0 spiro atoms. The highest BCUT2D eigenvalue weighted by molar-refractivity contribution is 6.30. The molecular weight excluding hydrogens is 487 g/mol. The molecule has 0 saturated carbocycles. The zero-order valence-corrected chi connectivity index (χ0v) is 19.4. The van der Waals surface area contributed by atoms with Gasteiger partial charge in [0.15, 0.2) is 0 Å². The van der Waals surface area contributed by atoms with Crippen LogP contribution in [0.5, 0.6) is 0 Å². The summed E-state index contributed by atoms with van der Waals surface area (Å²) in [4.78, 5) is 21.4. The normalized spacial score (nSPS) is 14.9. The van der Waals surface area contributed by atoms with Crippen molar-refractivity contribution >= 4 is 23.5 Å². The molecule has 2 N–H and O–H groups in total. The Morgan fingerprint density at radius 1 is 1.23 bits per heavy atom. The maximum atomic E-state index is 12.5. The van der Waals surface area contributed by atoms with Gasteiger partial charge >= 0.3 is 12.1 Å². The summed E-state index contributed by atoms with van der Waals surface area (Å²) in [6.45, 7) is 3.61. The van der Waals surface area contributed by atoms with Crippen LogP contribution in [-0.2, 0) is 22.5 Å². The molecule has 1 unspecified atom stereocenters. The number of nitrogens with zero attached hydrogens (tertiary/aromatic N) is 2. The maximum Gasteiger partial charge on any atom is 0.490 e. The van der Waals surface area contributed by atoms with Crippen LogP contribution in [0.4, 0.5) is 13.2 Å². The third-order valence-corrected chi connectivity index (χ3v) is 5.41. The molecule has 1 amide bonds. The van der Waals surface area contributed by atoms with Crippen LogP contribution in [0, 0.1) is 6.92 Å². The number of alkyl halides is 3. The van der Waals surface area contributed by atoms with E-state index < -0.39 is 12.1 Å². The second kappa shape index (κ2) is 11.4. The van der Waals surface area contributed by atoms with Crippen molar-refractivity contribution < 1.29 is 32.6 Å². The first-order chi connectivity index (χ1) is 16.5. The number of fused-ring (bicyclic) bond motifs is 1. The third-order valence-electron chi connectivity index (χ3n) is 5.18. The fourth-order valence-corrected chi connectivity index (χ4v) is 3.73. The number of carbonyl (C=O) groups is 2. The number of carboxylic acids is 1. The lowest BCUT2D eigenvalue weighted by Gasteiger charge is -2.22. The predicted octanol–water partition coefficient (Wildman–Crippen LogP) is 4.57. The maximum absolute atomic E-state index is 12.5. The van der Waals surface area contributed by atoms with Crippen LogP contribution >= 0.6 is 11.6 Å². The smallest absolute Gasteiger partial charge is 0.475 e. The summed E-state index contributed by atoms with van der Waals surface area (Å²) in [6, 6.07) is 15.5. The topological polar surface area (TPSA) is 93.5 Å². The van der Waals surface area contributed by atoms with Crippen molar-refractivity contribution in [3.8, 4) is 0 Å². The number of aliphatic carboxylic acids is 1. The summed E-state index contributed by atoms with van der Waals surface area (Å²) in [5.41, 5.74) is 4.77. The SMILES string of the molecule is Cc1cc(Cl)ccc1C(=O)NCC1OCCc2cn(Cc3ccccc3)nc21.O=C(O)C(F)(F)F. The number of amides is 1. The minimum absolute atomic E-state index is 0.131. The van der Waals surface area contributed by atoms with Gasteiger partial charge in [0.25, 0.3) is 5.91 Å². The summed E-state index contributed by atoms with van der Waals surface area (Å²) in [7, 11) is 0. The summed E-state index contributed by atoms with van der Waals surface area (Å²) >= 11 is 5.97. The van der Waals surface area contributed by atoms with E-state index >= 15 is 0 Å². The lowest BCUT2D eigenvalue weighted by Crippen LogP contribution is -2.32. The van der Waals surface area contributed by atoms with E-state index in [4.69, 9.17) is 31.3 Å². The quantitative estimate of drug-likeness (QED) is 0.525. The largest absolute Gasteiger partial charge is 0.490 e. The van der Waals surface area contributed by atoms with E-state index in [9.17, 15) is 18.0 Å². The molecule has 0 saturated heterocycles. The molecular formula is C24H23ClF3N3O4. The summed E-state index contributed by atoms with van der Waals surface area (Å²) in [6.07, 6.45) is -2.40. The zero-order valence-electron chi connectivity index (χ0n) is 18.7. The molecule has 2 heterocycles. The van der Waals surface area contributed by atoms with Crippen molar-refractivity contribution in [2.75, 3.05) is 13.2 Å². The number of ether oxygens (including phenoxy) is 1. The number of nitrogens with one attached hydrogen (secondary N) is 1. The van der Waals surface area contributed by atoms with Gasteiger partial charge in [0.1, 0.15) is 6.10 Å². The molecule has 4 rings (SSSR count). The van der Waals surface area contributed by atoms with Crippen molar-refractivity contribution in [3.05, 3.63) is 87.7 Å². The molecule has 186 valence electrons. The highest BCUT2D eigenvalue weighted by Crippen LogP contribution is 2.26. The number of halogens is 4. The fourth-order valence-electron chi connectivity index (χ4n) is 3.50. The molecule has 1 atom stereocenters. The Morgan fingerprint density at radius 3 is 2.54 bits per heavy atom. The molecule has 11 heteroatoms. The number of aryl methyl sites for hydroxylation is 1. The molecule has 1 aliphatic rings. The van der Waals surface area contributed by atoms with Gasteiger partial charge in [-0.2, -0.15) is 18.3 Å². The molecule has 7 nitrogen and oxygen atoms in total. The third kappa shape index (κ3) is 7.30. The van der Waals surface area contributed by atoms with Gasteiger partial charge in [0.05, 0.1) is 18.8 Å². The number of carbonyl (C=O) groups excluding carboxylic acids is 1. The van der Waals surface area contributed by atoms with Crippen molar-refractivity contribution in [1.82, 2.24) is 15.1 Å². The van der Waals surface area contributed by atoms with E-state index in [-0.39, 0.29) is 12.0 Å². The minimum atomic E-state index is -5.08. The van der Waals surface area contributed by atoms with Gasteiger partial charge in [-0.1, -0.05) is 41.9 Å². The average Bonchev–Trinajstić information content (AvgIpc) is 3.21. The monoisotopic (exact) mass is 509 g/mol. The molecule has 1 aliphatic heterocycles. The number of hydrogen-bond acceptors (Lipinski definition) is 4. The Kier molecular flexibility index (Phi) is 8.52. The van der Waals surface area contributed by atoms with Crippen LogP contribution in [0.1, 0.15) is 38.8 Å². The first kappa shape index (κ1) is 26.2. The number of benzene rings is 2. The second-order valence-corrected chi connectivity index (χ2v) is 8.24. The van der Waals surface area contributed by atoms with Gasteiger partial charge in [-0.15, -0.1) is 0 Å².